The molecule has 7 nitrogen and oxygen atoms in total. The Morgan fingerprint density at radius 1 is 1.25 bits per heavy atom. The predicted octanol–water partition coefficient (Wildman–Crippen LogP) is 1.92. The van der Waals surface area contributed by atoms with Gasteiger partial charge in [-0.2, -0.15) is 0 Å². The van der Waals surface area contributed by atoms with Crippen LogP contribution in [0.25, 0.3) is 11.4 Å². The molecular weight excluding hydrogens is 326 g/mol. The lowest BCUT2D eigenvalue weighted by atomic mass is 10.1. The SMILES string of the molecule is CCn1c(SCCN2C(=O)CNC2=O)nnc1-c1ccccc1C. The molecule has 1 aromatic heterocycles. The van der Waals surface area contributed by atoms with Crippen LogP contribution < -0.4 is 5.32 Å². The molecule has 0 radical (unpaired) electrons. The van der Waals surface area contributed by atoms with Crippen molar-refractivity contribution in [2.75, 3.05) is 18.8 Å². The van der Waals surface area contributed by atoms with Crippen LogP contribution in [0.2, 0.25) is 0 Å². The van der Waals surface area contributed by atoms with Crippen molar-refractivity contribution < 1.29 is 9.59 Å². The van der Waals surface area contributed by atoms with Gasteiger partial charge >= 0.3 is 6.03 Å². The molecule has 0 unspecified atom stereocenters. The van der Waals surface area contributed by atoms with Crippen LogP contribution in [-0.2, 0) is 11.3 Å². The van der Waals surface area contributed by atoms with Crippen LogP contribution in [0.3, 0.4) is 0 Å². The zero-order chi connectivity index (χ0) is 17.1. The van der Waals surface area contributed by atoms with Crippen molar-refractivity contribution in [2.24, 2.45) is 0 Å². The van der Waals surface area contributed by atoms with Gasteiger partial charge in [0.1, 0.15) is 0 Å². The van der Waals surface area contributed by atoms with E-state index in [1.165, 1.54) is 16.7 Å². The summed E-state index contributed by atoms with van der Waals surface area (Å²) in [5.74, 6) is 1.25. The molecule has 0 spiro atoms. The predicted molar refractivity (Wildman–Crippen MR) is 91.7 cm³/mol. The number of nitrogens with one attached hydrogen (secondary N) is 1. The molecule has 1 aromatic carbocycles. The highest BCUT2D eigenvalue weighted by Gasteiger charge is 2.28. The number of imide groups is 1. The van der Waals surface area contributed by atoms with Crippen molar-refractivity contribution in [3.8, 4) is 11.4 Å². The zero-order valence-corrected chi connectivity index (χ0v) is 14.5. The minimum Gasteiger partial charge on any atom is -0.329 e. The van der Waals surface area contributed by atoms with Gasteiger partial charge in [0.2, 0.25) is 5.91 Å². The monoisotopic (exact) mass is 345 g/mol. The van der Waals surface area contributed by atoms with Gasteiger partial charge in [-0.15, -0.1) is 10.2 Å². The quantitative estimate of drug-likeness (QED) is 0.639. The summed E-state index contributed by atoms with van der Waals surface area (Å²) in [5.41, 5.74) is 2.21. The number of carbonyl (C=O) groups excluding carboxylic acids is 2. The van der Waals surface area contributed by atoms with E-state index in [0.717, 1.165) is 28.7 Å². The number of amides is 3. The van der Waals surface area contributed by atoms with Crippen LogP contribution in [0.1, 0.15) is 12.5 Å². The van der Waals surface area contributed by atoms with Crippen molar-refractivity contribution in [3.63, 3.8) is 0 Å². The van der Waals surface area contributed by atoms with Crippen molar-refractivity contribution in [1.29, 1.82) is 0 Å². The molecule has 1 fully saturated rings. The highest BCUT2D eigenvalue weighted by molar-refractivity contribution is 7.99. The molecule has 1 aliphatic heterocycles. The topological polar surface area (TPSA) is 80.1 Å². The minimum absolute atomic E-state index is 0.0894. The third-order valence-corrected chi connectivity index (χ3v) is 4.85. The van der Waals surface area contributed by atoms with Gasteiger partial charge in [0.15, 0.2) is 11.0 Å². The molecule has 0 bridgehead atoms. The maximum Gasteiger partial charge on any atom is 0.324 e. The lowest BCUT2D eigenvalue weighted by Crippen LogP contribution is -2.32. The summed E-state index contributed by atoms with van der Waals surface area (Å²) in [6.45, 7) is 5.31. The van der Waals surface area contributed by atoms with Crippen LogP contribution in [0.15, 0.2) is 29.4 Å². The number of carbonyl (C=O) groups is 2. The average molecular weight is 345 g/mol. The van der Waals surface area contributed by atoms with Gasteiger partial charge in [0, 0.05) is 24.4 Å². The Morgan fingerprint density at radius 3 is 2.71 bits per heavy atom. The maximum atomic E-state index is 11.6. The second-order valence-corrected chi connectivity index (χ2v) is 6.48. The summed E-state index contributed by atoms with van der Waals surface area (Å²) in [4.78, 5) is 24.3. The van der Waals surface area contributed by atoms with Crippen LogP contribution in [0, 0.1) is 6.92 Å². The number of aryl methyl sites for hydroxylation is 1. The van der Waals surface area contributed by atoms with Gasteiger partial charge in [-0.05, 0) is 19.4 Å². The molecule has 1 N–H and O–H groups in total. The molecule has 1 aliphatic rings. The highest BCUT2D eigenvalue weighted by Crippen LogP contribution is 2.26. The second kappa shape index (κ2) is 7.04. The molecule has 8 heteroatoms. The Labute approximate surface area is 144 Å². The standard InChI is InChI=1S/C16H19N5O2S/c1-3-20-14(12-7-5-4-6-11(12)2)18-19-16(20)24-9-8-21-13(22)10-17-15(21)23/h4-7H,3,8-10H2,1-2H3,(H,17,23). The Bertz CT molecular complexity index is 758. The number of urea groups is 1. The van der Waals surface area contributed by atoms with Gasteiger partial charge in [0.05, 0.1) is 6.54 Å². The third kappa shape index (κ3) is 3.14. The van der Waals surface area contributed by atoms with Crippen molar-refractivity contribution in [3.05, 3.63) is 29.8 Å². The molecule has 3 amide bonds. The Hall–Kier alpha value is -2.35. The molecular formula is C16H19N5O2S. The van der Waals surface area contributed by atoms with Crippen LogP contribution >= 0.6 is 11.8 Å². The molecule has 2 aromatic rings. The number of hydrogen-bond acceptors (Lipinski definition) is 5. The molecule has 0 atom stereocenters. The fourth-order valence-corrected chi connectivity index (χ4v) is 3.54. The fourth-order valence-electron chi connectivity index (χ4n) is 2.61. The van der Waals surface area contributed by atoms with E-state index in [9.17, 15) is 9.59 Å². The van der Waals surface area contributed by atoms with E-state index < -0.39 is 0 Å². The van der Waals surface area contributed by atoms with E-state index in [4.69, 9.17) is 0 Å². The first-order chi connectivity index (χ1) is 11.6. The lowest BCUT2D eigenvalue weighted by molar-refractivity contribution is -0.124. The van der Waals surface area contributed by atoms with E-state index >= 15 is 0 Å². The third-order valence-electron chi connectivity index (χ3n) is 3.90. The van der Waals surface area contributed by atoms with Crippen LogP contribution in [0.5, 0.6) is 0 Å². The van der Waals surface area contributed by atoms with Gasteiger partial charge in [-0.25, -0.2) is 4.79 Å². The fraction of sp³-hybridized carbons (Fsp3) is 0.375. The summed E-state index contributed by atoms with van der Waals surface area (Å²) in [6, 6.07) is 7.75. The minimum atomic E-state index is -0.321. The maximum absolute atomic E-state index is 11.6. The number of hydrogen-bond donors (Lipinski definition) is 1. The summed E-state index contributed by atoms with van der Waals surface area (Å²) >= 11 is 1.50. The number of rotatable bonds is 6. The summed E-state index contributed by atoms with van der Waals surface area (Å²) in [6.07, 6.45) is 0. The number of nitrogens with zero attached hydrogens (tertiary/aromatic N) is 4. The number of aromatic nitrogens is 3. The van der Waals surface area contributed by atoms with Crippen molar-refractivity contribution in [1.82, 2.24) is 25.0 Å². The summed E-state index contributed by atoms with van der Waals surface area (Å²) in [5, 5.41) is 11.9. The van der Waals surface area contributed by atoms with Gasteiger partial charge in [0.25, 0.3) is 0 Å². The largest absolute Gasteiger partial charge is 0.329 e. The zero-order valence-electron chi connectivity index (χ0n) is 13.7. The van der Waals surface area contributed by atoms with E-state index in [2.05, 4.69) is 33.1 Å². The molecule has 24 heavy (non-hydrogen) atoms. The van der Waals surface area contributed by atoms with E-state index in [1.807, 2.05) is 25.1 Å². The van der Waals surface area contributed by atoms with Gasteiger partial charge in [-0.3, -0.25) is 9.69 Å². The Kier molecular flexibility index (Phi) is 4.84. The molecule has 2 heterocycles. The van der Waals surface area contributed by atoms with E-state index in [0.29, 0.717) is 12.3 Å². The van der Waals surface area contributed by atoms with E-state index in [1.54, 1.807) is 0 Å². The second-order valence-electron chi connectivity index (χ2n) is 5.42. The van der Waals surface area contributed by atoms with Crippen LogP contribution in [0.4, 0.5) is 4.79 Å². The highest BCUT2D eigenvalue weighted by atomic mass is 32.2. The summed E-state index contributed by atoms with van der Waals surface area (Å²) < 4.78 is 2.05. The van der Waals surface area contributed by atoms with Crippen molar-refractivity contribution in [2.45, 2.75) is 25.5 Å². The average Bonchev–Trinajstić information content (AvgIpc) is 3.12. The Morgan fingerprint density at radius 2 is 2.04 bits per heavy atom. The molecule has 0 aliphatic carbocycles. The Balaban J connectivity index is 1.72. The summed E-state index contributed by atoms with van der Waals surface area (Å²) in [7, 11) is 0. The molecule has 3 rings (SSSR count). The lowest BCUT2D eigenvalue weighted by Gasteiger charge is -2.12. The normalized spacial score (nSPS) is 14.3. The smallest absolute Gasteiger partial charge is 0.324 e. The number of benzene rings is 1. The first-order valence-electron chi connectivity index (χ1n) is 7.82. The molecule has 0 saturated carbocycles. The van der Waals surface area contributed by atoms with Crippen LogP contribution in [-0.4, -0.2) is 50.4 Å². The van der Waals surface area contributed by atoms with Gasteiger partial charge < -0.3 is 9.88 Å². The number of thioether (sulfide) groups is 1. The first kappa shape index (κ1) is 16.5. The van der Waals surface area contributed by atoms with Gasteiger partial charge in [-0.1, -0.05) is 36.0 Å². The molecule has 126 valence electrons. The van der Waals surface area contributed by atoms with E-state index in [-0.39, 0.29) is 18.5 Å². The first-order valence-corrected chi connectivity index (χ1v) is 8.80. The van der Waals surface area contributed by atoms with Crippen molar-refractivity contribution >= 4 is 23.7 Å². The molecule has 1 saturated heterocycles.